The Hall–Kier alpha value is -4.06. The summed E-state index contributed by atoms with van der Waals surface area (Å²) < 4.78 is 16.7. The molecule has 1 saturated heterocycles. The zero-order valence-electron chi connectivity index (χ0n) is 25.6. The maximum Gasteiger partial charge on any atom is 0.404 e. The van der Waals surface area contributed by atoms with E-state index in [1.54, 1.807) is 6.20 Å². The number of nitrogens with one attached hydrogen (secondary N) is 2. The van der Waals surface area contributed by atoms with Gasteiger partial charge in [-0.2, -0.15) is 0 Å². The fourth-order valence-electron chi connectivity index (χ4n) is 7.04. The molecule has 1 fully saturated rings. The quantitative estimate of drug-likeness (QED) is 0.180. The minimum absolute atomic E-state index is 0.0280. The molecular weight excluding hydrogens is 586 g/mol. The van der Waals surface area contributed by atoms with Crippen LogP contribution in [0.25, 0.3) is 0 Å². The minimum Gasteiger partial charge on any atom is -0.445 e. The Morgan fingerprint density at radius 2 is 1.72 bits per heavy atom. The van der Waals surface area contributed by atoms with Gasteiger partial charge in [0.1, 0.15) is 11.6 Å². The zero-order valence-corrected chi connectivity index (χ0v) is 25.6. The van der Waals surface area contributed by atoms with Crippen LogP contribution in [0.2, 0.25) is 0 Å². The molecule has 10 nitrogen and oxygen atoms in total. The van der Waals surface area contributed by atoms with Crippen molar-refractivity contribution < 1.29 is 34.0 Å². The number of carbonyl (C=O) groups excluding carboxylic acids is 2. The van der Waals surface area contributed by atoms with Crippen LogP contribution in [-0.2, 0) is 38.3 Å². The van der Waals surface area contributed by atoms with Crippen LogP contribution >= 0.6 is 0 Å². The van der Waals surface area contributed by atoms with Crippen LogP contribution in [0.15, 0.2) is 96.7 Å². The van der Waals surface area contributed by atoms with E-state index in [1.807, 2.05) is 84.9 Å². The Kier molecular flexibility index (Phi) is 9.81. The fraction of sp³-hybridized carbons (Fsp3) is 0.389. The van der Waals surface area contributed by atoms with Gasteiger partial charge in [-0.25, -0.2) is 4.79 Å². The number of rotatable bonds is 13. The van der Waals surface area contributed by atoms with Crippen molar-refractivity contribution in [2.24, 2.45) is 5.73 Å². The number of ketones is 1. The summed E-state index contributed by atoms with van der Waals surface area (Å²) in [5.74, 6) is -0.700. The fourth-order valence-corrected chi connectivity index (χ4v) is 7.04. The molecule has 10 heteroatoms. The van der Waals surface area contributed by atoms with Crippen molar-refractivity contribution in [2.75, 3.05) is 13.2 Å². The average molecular weight is 628 g/mol. The highest BCUT2D eigenvalue weighted by molar-refractivity contribution is 6.06. The number of aliphatic hydroxyl groups excluding tert-OH is 2. The van der Waals surface area contributed by atoms with Gasteiger partial charge in [-0.15, -0.1) is 0 Å². The van der Waals surface area contributed by atoms with E-state index in [0.717, 1.165) is 22.3 Å². The first-order valence-corrected chi connectivity index (χ1v) is 15.8. The second-order valence-corrected chi connectivity index (χ2v) is 12.4. The predicted molar refractivity (Wildman–Crippen MR) is 170 cm³/mol. The van der Waals surface area contributed by atoms with Gasteiger partial charge in [-0.1, -0.05) is 84.9 Å². The van der Waals surface area contributed by atoms with Crippen molar-refractivity contribution in [1.29, 1.82) is 0 Å². The molecule has 1 aliphatic carbocycles. The van der Waals surface area contributed by atoms with Gasteiger partial charge in [0.05, 0.1) is 24.7 Å². The summed E-state index contributed by atoms with van der Waals surface area (Å²) in [7, 11) is 0. The van der Waals surface area contributed by atoms with Crippen LogP contribution in [0.3, 0.4) is 0 Å². The maximum absolute atomic E-state index is 14.7. The number of hydrogen-bond donors (Lipinski definition) is 5. The molecule has 1 amide bonds. The summed E-state index contributed by atoms with van der Waals surface area (Å²) in [6, 6.07) is 26.4. The summed E-state index contributed by atoms with van der Waals surface area (Å²) in [6.45, 7) is 0.956. The number of aliphatic hydroxyl groups is 2. The van der Waals surface area contributed by atoms with Crippen LogP contribution in [-0.4, -0.2) is 71.6 Å². The molecule has 0 radical (unpaired) electrons. The molecule has 46 heavy (non-hydrogen) atoms. The number of carbonyl (C=O) groups is 2. The molecule has 3 aromatic rings. The maximum atomic E-state index is 14.7. The third kappa shape index (κ3) is 7.16. The van der Waals surface area contributed by atoms with Gasteiger partial charge in [0.15, 0.2) is 5.78 Å². The summed E-state index contributed by atoms with van der Waals surface area (Å²) in [5, 5.41) is 29.2. The van der Waals surface area contributed by atoms with Crippen LogP contribution < -0.4 is 16.4 Å². The number of benzene rings is 3. The number of fused-ring (bicyclic) bond motifs is 1. The number of ether oxygens (including phenoxy) is 3. The Labute approximate surface area is 268 Å². The van der Waals surface area contributed by atoms with E-state index in [0.29, 0.717) is 44.5 Å². The molecule has 6 N–H and O–H groups in total. The first-order valence-electron chi connectivity index (χ1n) is 15.8. The highest BCUT2D eigenvalue weighted by atomic mass is 16.6. The van der Waals surface area contributed by atoms with Crippen molar-refractivity contribution in [1.82, 2.24) is 10.6 Å². The van der Waals surface area contributed by atoms with Crippen molar-refractivity contribution in [3.05, 3.63) is 119 Å². The van der Waals surface area contributed by atoms with Gasteiger partial charge in [0.25, 0.3) is 0 Å². The van der Waals surface area contributed by atoms with Gasteiger partial charge in [-0.3, -0.25) is 10.1 Å². The highest BCUT2D eigenvalue weighted by Gasteiger charge is 2.51. The molecule has 3 aromatic carbocycles. The smallest absolute Gasteiger partial charge is 0.404 e. The molecule has 1 unspecified atom stereocenters. The second kappa shape index (κ2) is 14.1. The molecule has 242 valence electrons. The van der Waals surface area contributed by atoms with Gasteiger partial charge in [0, 0.05) is 43.7 Å². The molecule has 0 saturated carbocycles. The first-order chi connectivity index (χ1) is 22.3. The SMILES string of the molecule is NC(=O)O[C@@H]1Cc2ccccc2[C@@H]1C1=CN[C@@](Cc2ccccc2)(C[C@H](O)[C@H](Cc2ccccc2)NC(O)O[C@H]2CCOC2)C1=O. The lowest BCUT2D eigenvalue weighted by atomic mass is 9.76. The summed E-state index contributed by atoms with van der Waals surface area (Å²) in [5.41, 5.74) is 8.47. The minimum atomic E-state index is -1.34. The Balaban J connectivity index is 1.29. The number of amides is 1. The average Bonchev–Trinajstić information content (AvgIpc) is 3.76. The Bertz CT molecular complexity index is 1530. The molecular formula is C36H41N3O7. The standard InChI is InChI=1S/C36H41N3O7/c37-34(42)46-31-18-25-13-7-8-14-27(25)32(31)28-21-38-36(33(28)41,19-24-11-5-2-6-12-24)20-30(40)29(17-23-9-3-1-4-10-23)39-35(43)45-26-15-16-44-22-26/h1-14,21,26,29-32,35,38-40,43H,15-20,22H2,(H2,37,42)/t26-,29-,30-,31+,32+,35?,36-/m0/s1. The highest BCUT2D eigenvalue weighted by Crippen LogP contribution is 2.44. The van der Waals surface area contributed by atoms with Gasteiger partial charge in [-0.05, 0) is 35.1 Å². The predicted octanol–water partition coefficient (Wildman–Crippen LogP) is 2.86. The Morgan fingerprint density at radius 3 is 2.41 bits per heavy atom. The molecule has 7 atom stereocenters. The van der Waals surface area contributed by atoms with Gasteiger partial charge >= 0.3 is 6.09 Å². The van der Waals surface area contributed by atoms with E-state index in [1.165, 1.54) is 0 Å². The third-order valence-electron chi connectivity index (χ3n) is 9.22. The molecule has 0 aromatic heterocycles. The lowest BCUT2D eigenvalue weighted by molar-refractivity contribution is -0.163. The largest absolute Gasteiger partial charge is 0.445 e. The summed E-state index contributed by atoms with van der Waals surface area (Å²) in [6.07, 6.45) is -0.687. The van der Waals surface area contributed by atoms with E-state index in [9.17, 15) is 19.8 Å². The van der Waals surface area contributed by atoms with E-state index >= 15 is 0 Å². The molecule has 0 spiro atoms. The molecule has 2 aliphatic heterocycles. The van der Waals surface area contributed by atoms with Crippen LogP contribution in [0.1, 0.15) is 41.0 Å². The van der Waals surface area contributed by atoms with Crippen LogP contribution in [0, 0.1) is 0 Å². The molecule has 2 heterocycles. The summed E-state index contributed by atoms with van der Waals surface area (Å²) >= 11 is 0. The van der Waals surface area contributed by atoms with Crippen molar-refractivity contribution in [3.63, 3.8) is 0 Å². The van der Waals surface area contributed by atoms with Crippen LogP contribution in [0.4, 0.5) is 4.79 Å². The van der Waals surface area contributed by atoms with Crippen LogP contribution in [0.5, 0.6) is 0 Å². The number of Topliss-reactive ketones (excluding diaryl/α,β-unsaturated/α-hetero) is 1. The zero-order chi connectivity index (χ0) is 32.1. The number of nitrogens with two attached hydrogens (primary N) is 1. The number of primary amides is 1. The molecule has 6 rings (SSSR count). The van der Waals surface area contributed by atoms with Crippen molar-refractivity contribution >= 4 is 11.9 Å². The summed E-state index contributed by atoms with van der Waals surface area (Å²) in [4.78, 5) is 26.6. The van der Waals surface area contributed by atoms with Gasteiger partial charge < -0.3 is 35.5 Å². The third-order valence-corrected chi connectivity index (χ3v) is 9.22. The second-order valence-electron chi connectivity index (χ2n) is 12.4. The normalized spacial score (nSPS) is 25.7. The topological polar surface area (TPSA) is 152 Å². The van der Waals surface area contributed by atoms with E-state index in [-0.39, 0.29) is 18.3 Å². The van der Waals surface area contributed by atoms with Gasteiger partial charge in [0.2, 0.25) is 6.41 Å². The first kappa shape index (κ1) is 31.9. The Morgan fingerprint density at radius 1 is 1.02 bits per heavy atom. The lowest BCUT2D eigenvalue weighted by Gasteiger charge is -2.36. The van der Waals surface area contributed by atoms with E-state index < -0.39 is 42.2 Å². The van der Waals surface area contributed by atoms with Crippen molar-refractivity contribution in [3.8, 4) is 0 Å². The molecule has 3 aliphatic rings. The number of hydrogen-bond acceptors (Lipinski definition) is 9. The monoisotopic (exact) mass is 627 g/mol. The van der Waals surface area contributed by atoms with Crippen molar-refractivity contribution in [2.45, 2.75) is 74.3 Å². The molecule has 0 bridgehead atoms. The lowest BCUT2D eigenvalue weighted by Crippen LogP contribution is -2.56. The van der Waals surface area contributed by atoms with E-state index in [4.69, 9.17) is 19.9 Å². The van der Waals surface area contributed by atoms with E-state index in [2.05, 4.69) is 10.6 Å².